The first-order chi connectivity index (χ1) is 14.3. The minimum atomic E-state index is 0.255. The maximum absolute atomic E-state index is 5.73. The van der Waals surface area contributed by atoms with Gasteiger partial charge in [-0.3, -0.25) is 0 Å². The first kappa shape index (κ1) is 23.5. The van der Waals surface area contributed by atoms with Crippen molar-refractivity contribution in [2.24, 2.45) is 0 Å². The third kappa shape index (κ3) is 8.32. The van der Waals surface area contributed by atoms with Gasteiger partial charge < -0.3 is 9.47 Å². The molecule has 0 saturated heterocycles. The molecule has 0 heterocycles. The Morgan fingerprint density at radius 1 is 0.567 bits per heavy atom. The Morgan fingerprint density at radius 3 is 1.47 bits per heavy atom. The fraction of sp³-hybridized carbons (Fsp3) is 0.357. The lowest BCUT2D eigenvalue weighted by Crippen LogP contribution is -2.05. The zero-order chi connectivity index (χ0) is 21.9. The maximum atomic E-state index is 5.73. The molecule has 160 valence electrons. The topological polar surface area (TPSA) is 18.5 Å². The van der Waals surface area contributed by atoms with Crippen molar-refractivity contribution in [2.45, 2.75) is 66.1 Å². The van der Waals surface area contributed by atoms with Crippen LogP contribution in [-0.2, 0) is 6.61 Å². The Morgan fingerprint density at radius 2 is 1.03 bits per heavy atom. The fourth-order valence-electron chi connectivity index (χ4n) is 2.89. The number of rotatable bonds is 7. The largest absolute Gasteiger partial charge is 0.491 e. The van der Waals surface area contributed by atoms with Crippen molar-refractivity contribution >= 4 is 0 Å². The van der Waals surface area contributed by atoms with Gasteiger partial charge in [0.1, 0.15) is 18.1 Å². The molecule has 0 atom stereocenters. The van der Waals surface area contributed by atoms with Crippen molar-refractivity contribution < 1.29 is 9.47 Å². The van der Waals surface area contributed by atoms with Gasteiger partial charge in [-0.15, -0.1) is 0 Å². The van der Waals surface area contributed by atoms with E-state index >= 15 is 0 Å². The van der Waals surface area contributed by atoms with Gasteiger partial charge in [0.05, 0.1) is 6.10 Å². The number of ether oxygens (including phenoxy) is 2. The highest BCUT2D eigenvalue weighted by Crippen LogP contribution is 2.20. The maximum Gasteiger partial charge on any atom is 0.119 e. The van der Waals surface area contributed by atoms with E-state index in [1.54, 1.807) is 0 Å². The molecule has 0 unspecified atom stereocenters. The van der Waals surface area contributed by atoms with E-state index in [2.05, 4.69) is 64.1 Å². The molecular weight excluding hydrogens is 368 g/mol. The first-order valence-electron chi connectivity index (χ1n) is 10.9. The smallest absolute Gasteiger partial charge is 0.119 e. The fourth-order valence-corrected chi connectivity index (χ4v) is 2.89. The lowest BCUT2D eigenvalue weighted by Gasteiger charge is -2.11. The molecule has 3 aromatic rings. The molecule has 30 heavy (non-hydrogen) atoms. The van der Waals surface area contributed by atoms with Gasteiger partial charge in [0.25, 0.3) is 0 Å². The van der Waals surface area contributed by atoms with Gasteiger partial charge in [-0.25, -0.2) is 0 Å². The van der Waals surface area contributed by atoms with E-state index in [0.717, 1.165) is 11.5 Å². The molecule has 0 aliphatic heterocycles. The van der Waals surface area contributed by atoms with Gasteiger partial charge in [-0.1, -0.05) is 82.3 Å². The van der Waals surface area contributed by atoms with Crippen LogP contribution in [0.3, 0.4) is 0 Å². The summed E-state index contributed by atoms with van der Waals surface area (Å²) in [6.45, 7) is 13.5. The Labute approximate surface area is 182 Å². The highest BCUT2D eigenvalue weighted by molar-refractivity contribution is 5.30. The molecule has 0 aliphatic rings. The molecule has 0 aromatic heterocycles. The summed E-state index contributed by atoms with van der Waals surface area (Å²) in [4.78, 5) is 0. The second-order valence-corrected chi connectivity index (χ2v) is 8.39. The third-order valence-corrected chi connectivity index (χ3v) is 4.71. The summed E-state index contributed by atoms with van der Waals surface area (Å²) in [5.41, 5.74) is 3.90. The highest BCUT2D eigenvalue weighted by atomic mass is 16.5. The molecule has 0 saturated carbocycles. The van der Waals surface area contributed by atoms with E-state index in [4.69, 9.17) is 9.47 Å². The van der Waals surface area contributed by atoms with Crippen molar-refractivity contribution in [1.82, 2.24) is 0 Å². The Bertz CT molecular complexity index is 832. The van der Waals surface area contributed by atoms with E-state index in [-0.39, 0.29) is 6.10 Å². The number of hydrogen-bond donors (Lipinski definition) is 0. The number of benzene rings is 3. The van der Waals surface area contributed by atoms with E-state index in [1.165, 1.54) is 16.7 Å². The van der Waals surface area contributed by atoms with Crippen LogP contribution in [0.2, 0.25) is 0 Å². The third-order valence-electron chi connectivity index (χ3n) is 4.71. The van der Waals surface area contributed by atoms with Gasteiger partial charge in [-0.2, -0.15) is 0 Å². The summed E-state index contributed by atoms with van der Waals surface area (Å²) < 4.78 is 11.3. The molecule has 0 aliphatic carbocycles. The van der Waals surface area contributed by atoms with Crippen molar-refractivity contribution in [3.05, 3.63) is 95.6 Å². The van der Waals surface area contributed by atoms with Crippen LogP contribution in [0.15, 0.2) is 78.9 Å². The molecule has 0 spiro atoms. The van der Waals surface area contributed by atoms with E-state index in [0.29, 0.717) is 18.4 Å². The molecule has 0 amide bonds. The molecule has 2 heteroatoms. The van der Waals surface area contributed by atoms with Crippen LogP contribution < -0.4 is 9.47 Å². The Balaban J connectivity index is 0.000000222. The minimum absolute atomic E-state index is 0.255. The quantitative estimate of drug-likeness (QED) is 0.397. The monoisotopic (exact) mass is 404 g/mol. The van der Waals surface area contributed by atoms with Crippen molar-refractivity contribution in [3.63, 3.8) is 0 Å². The average molecular weight is 405 g/mol. The summed E-state index contributed by atoms with van der Waals surface area (Å²) >= 11 is 0. The molecule has 0 N–H and O–H groups in total. The summed E-state index contributed by atoms with van der Waals surface area (Å²) in [5.74, 6) is 3.05. The first-order valence-corrected chi connectivity index (χ1v) is 10.9. The molecule has 0 bridgehead atoms. The Hall–Kier alpha value is -2.74. The summed E-state index contributed by atoms with van der Waals surface area (Å²) in [6.07, 6.45) is 0.255. The van der Waals surface area contributed by atoms with Crippen molar-refractivity contribution in [3.8, 4) is 11.5 Å². The van der Waals surface area contributed by atoms with Gasteiger partial charge >= 0.3 is 0 Å². The van der Waals surface area contributed by atoms with Crippen LogP contribution >= 0.6 is 0 Å². The zero-order valence-corrected chi connectivity index (χ0v) is 19.3. The molecule has 3 rings (SSSR count). The second kappa shape index (κ2) is 12.1. The predicted octanol–water partition coefficient (Wildman–Crippen LogP) is 7.99. The molecule has 0 fully saturated rings. The standard InChI is InChI=1S/C16H18O.C12H18O/c1-13(2)15-8-10-16(11-9-15)17-12-14-6-4-3-5-7-14;1-9(2)11-5-7-12(8-6-11)13-10(3)4/h3-11,13H,12H2,1-2H3;5-10H,1-4H3. The number of hydrogen-bond acceptors (Lipinski definition) is 2. The SMILES string of the molecule is CC(C)Oc1ccc(C(C)C)cc1.CC(C)c1ccc(OCc2ccccc2)cc1. The zero-order valence-electron chi connectivity index (χ0n) is 19.3. The second-order valence-electron chi connectivity index (χ2n) is 8.39. The molecular formula is C28H36O2. The van der Waals surface area contributed by atoms with Crippen LogP contribution in [0.25, 0.3) is 0 Å². The summed E-state index contributed by atoms with van der Waals surface area (Å²) in [7, 11) is 0. The summed E-state index contributed by atoms with van der Waals surface area (Å²) in [6, 6.07) is 26.9. The van der Waals surface area contributed by atoms with Crippen LogP contribution in [0.5, 0.6) is 11.5 Å². The predicted molar refractivity (Wildman–Crippen MR) is 128 cm³/mol. The highest BCUT2D eigenvalue weighted by Gasteiger charge is 2.01. The van der Waals surface area contributed by atoms with Gasteiger partial charge in [0.2, 0.25) is 0 Å². The van der Waals surface area contributed by atoms with Crippen LogP contribution in [0.1, 0.15) is 70.1 Å². The van der Waals surface area contributed by atoms with Crippen LogP contribution in [0, 0.1) is 0 Å². The van der Waals surface area contributed by atoms with Gasteiger partial charge in [0.15, 0.2) is 0 Å². The lowest BCUT2D eigenvalue weighted by molar-refractivity contribution is 0.242. The molecule has 2 nitrogen and oxygen atoms in total. The van der Waals surface area contributed by atoms with E-state index in [9.17, 15) is 0 Å². The Kier molecular flexibility index (Phi) is 9.47. The van der Waals surface area contributed by atoms with E-state index < -0.39 is 0 Å². The molecule has 3 aromatic carbocycles. The summed E-state index contributed by atoms with van der Waals surface area (Å²) in [5, 5.41) is 0. The van der Waals surface area contributed by atoms with Gasteiger partial charge in [0, 0.05) is 0 Å². The van der Waals surface area contributed by atoms with Crippen LogP contribution in [0.4, 0.5) is 0 Å². The molecule has 0 radical (unpaired) electrons. The van der Waals surface area contributed by atoms with Crippen molar-refractivity contribution in [1.29, 1.82) is 0 Å². The van der Waals surface area contributed by atoms with Gasteiger partial charge in [-0.05, 0) is 66.6 Å². The average Bonchev–Trinajstić information content (AvgIpc) is 2.74. The normalized spacial score (nSPS) is 10.7. The lowest BCUT2D eigenvalue weighted by atomic mass is 10.0. The van der Waals surface area contributed by atoms with Crippen LogP contribution in [-0.4, -0.2) is 6.10 Å². The minimum Gasteiger partial charge on any atom is -0.491 e. The van der Waals surface area contributed by atoms with Crippen molar-refractivity contribution in [2.75, 3.05) is 0 Å². The van der Waals surface area contributed by atoms with E-state index in [1.807, 2.05) is 56.3 Å².